The van der Waals surface area contributed by atoms with E-state index in [-0.39, 0.29) is 5.56 Å². The highest BCUT2D eigenvalue weighted by Crippen LogP contribution is 2.27. The first-order valence-corrected chi connectivity index (χ1v) is 7.49. The Bertz CT molecular complexity index is 752. The predicted molar refractivity (Wildman–Crippen MR) is 87.5 cm³/mol. The van der Waals surface area contributed by atoms with Crippen molar-refractivity contribution in [3.05, 3.63) is 40.2 Å². The Kier molecular flexibility index (Phi) is 5.46. The maximum absolute atomic E-state index is 12.2. The van der Waals surface area contributed by atoms with Crippen molar-refractivity contribution < 1.29 is 23.6 Å². The van der Waals surface area contributed by atoms with Crippen molar-refractivity contribution in [2.24, 2.45) is 0 Å². The summed E-state index contributed by atoms with van der Waals surface area (Å²) in [5.41, 5.74) is 1.10. The van der Waals surface area contributed by atoms with E-state index >= 15 is 0 Å². The molecular formula is C16H17ClN2O5. The number of halogens is 1. The van der Waals surface area contributed by atoms with Crippen molar-refractivity contribution in [3.8, 4) is 5.75 Å². The Morgan fingerprint density at radius 1 is 1.33 bits per heavy atom. The first-order valence-electron chi connectivity index (χ1n) is 7.11. The molecule has 0 unspecified atom stereocenters. The van der Waals surface area contributed by atoms with Gasteiger partial charge in [-0.15, -0.1) is 0 Å². The quantitative estimate of drug-likeness (QED) is 0.831. The van der Waals surface area contributed by atoms with Gasteiger partial charge in [0.25, 0.3) is 5.91 Å². The number of carbonyl (C=O) groups is 2. The lowest BCUT2D eigenvalue weighted by Crippen LogP contribution is -2.30. The third-order valence-electron chi connectivity index (χ3n) is 3.31. The largest absolute Gasteiger partial charge is 0.495 e. The standard InChI is InChI=1S/C16H17ClN2O5/c1-8-14(9(2)24-19-8)16(21)23-10(3)15(20)18-11-5-6-13(22-4)12(17)7-11/h5-7,10H,1-4H3,(H,18,20)/t10-/m1/s1. The van der Waals surface area contributed by atoms with E-state index in [9.17, 15) is 9.59 Å². The molecule has 0 aliphatic heterocycles. The Morgan fingerprint density at radius 2 is 2.04 bits per heavy atom. The maximum Gasteiger partial charge on any atom is 0.344 e. The van der Waals surface area contributed by atoms with Crippen molar-refractivity contribution >= 4 is 29.2 Å². The van der Waals surface area contributed by atoms with E-state index in [4.69, 9.17) is 25.6 Å². The number of aromatic nitrogens is 1. The molecule has 0 aliphatic carbocycles. The number of hydrogen-bond acceptors (Lipinski definition) is 6. The average molecular weight is 353 g/mol. The van der Waals surface area contributed by atoms with Crippen molar-refractivity contribution in [1.82, 2.24) is 5.16 Å². The van der Waals surface area contributed by atoms with Crippen LogP contribution in [0.25, 0.3) is 0 Å². The van der Waals surface area contributed by atoms with Gasteiger partial charge in [0.15, 0.2) is 6.10 Å². The number of carbonyl (C=O) groups excluding carboxylic acids is 2. The van der Waals surface area contributed by atoms with E-state index in [1.165, 1.54) is 14.0 Å². The minimum atomic E-state index is -1.01. The number of esters is 1. The molecule has 1 heterocycles. The van der Waals surface area contributed by atoms with E-state index in [2.05, 4.69) is 10.5 Å². The second kappa shape index (κ2) is 7.35. The van der Waals surface area contributed by atoms with E-state index in [1.807, 2.05) is 0 Å². The summed E-state index contributed by atoms with van der Waals surface area (Å²) < 4.78 is 15.1. The van der Waals surface area contributed by atoms with E-state index in [1.54, 1.807) is 32.0 Å². The number of anilines is 1. The number of nitrogens with one attached hydrogen (secondary N) is 1. The van der Waals surface area contributed by atoms with Gasteiger partial charge in [0.05, 0.1) is 17.8 Å². The van der Waals surface area contributed by atoms with Crippen molar-refractivity contribution in [2.75, 3.05) is 12.4 Å². The monoisotopic (exact) mass is 352 g/mol. The Labute approximate surface area is 143 Å². The summed E-state index contributed by atoms with van der Waals surface area (Å²) in [6.07, 6.45) is -1.01. The number of aryl methyl sites for hydroxylation is 2. The first-order chi connectivity index (χ1) is 11.3. The lowest BCUT2D eigenvalue weighted by Gasteiger charge is -2.14. The third-order valence-corrected chi connectivity index (χ3v) is 3.61. The average Bonchev–Trinajstić information content (AvgIpc) is 2.86. The SMILES string of the molecule is COc1ccc(NC(=O)[C@@H](C)OC(=O)c2c(C)noc2C)cc1Cl. The molecule has 0 saturated carbocycles. The van der Waals surface area contributed by atoms with E-state index < -0.39 is 18.0 Å². The highest BCUT2D eigenvalue weighted by Gasteiger charge is 2.24. The van der Waals surface area contributed by atoms with Gasteiger partial charge in [-0.25, -0.2) is 4.79 Å². The summed E-state index contributed by atoms with van der Waals surface area (Å²) in [5, 5.41) is 6.66. The summed E-state index contributed by atoms with van der Waals surface area (Å²) in [6, 6.07) is 4.80. The molecule has 2 rings (SSSR count). The van der Waals surface area contributed by atoms with Crippen molar-refractivity contribution in [3.63, 3.8) is 0 Å². The molecule has 0 radical (unpaired) electrons. The molecule has 1 atom stereocenters. The fourth-order valence-electron chi connectivity index (χ4n) is 2.04. The van der Waals surface area contributed by atoms with Crippen LogP contribution in [0.5, 0.6) is 5.75 Å². The van der Waals surface area contributed by atoms with Gasteiger partial charge < -0.3 is 19.3 Å². The number of rotatable bonds is 5. The maximum atomic E-state index is 12.2. The van der Waals surface area contributed by atoms with Crippen LogP contribution in [-0.4, -0.2) is 30.2 Å². The molecule has 1 amide bonds. The highest BCUT2D eigenvalue weighted by atomic mass is 35.5. The molecule has 128 valence electrons. The van der Waals surface area contributed by atoms with Crippen molar-refractivity contribution in [2.45, 2.75) is 26.9 Å². The molecule has 1 aromatic carbocycles. The van der Waals surface area contributed by atoms with Crippen LogP contribution >= 0.6 is 11.6 Å². The second-order valence-corrected chi connectivity index (χ2v) is 5.49. The molecule has 0 bridgehead atoms. The summed E-state index contributed by atoms with van der Waals surface area (Å²) in [4.78, 5) is 24.3. The van der Waals surface area contributed by atoms with Crippen LogP contribution in [0.1, 0.15) is 28.7 Å². The van der Waals surface area contributed by atoms with Crippen LogP contribution < -0.4 is 10.1 Å². The summed E-state index contributed by atoms with van der Waals surface area (Å²) in [6.45, 7) is 4.69. The van der Waals surface area contributed by atoms with Gasteiger partial charge in [-0.3, -0.25) is 4.79 Å². The minimum absolute atomic E-state index is 0.224. The molecule has 0 fully saturated rings. The lowest BCUT2D eigenvalue weighted by molar-refractivity contribution is -0.123. The number of methoxy groups -OCH3 is 1. The summed E-state index contributed by atoms with van der Waals surface area (Å²) >= 11 is 6.00. The number of nitrogens with zero attached hydrogens (tertiary/aromatic N) is 1. The Hall–Kier alpha value is -2.54. The molecule has 0 aliphatic rings. The third kappa shape index (κ3) is 3.86. The number of ether oxygens (including phenoxy) is 2. The topological polar surface area (TPSA) is 90.7 Å². The van der Waals surface area contributed by atoms with E-state index in [0.29, 0.717) is 27.9 Å². The second-order valence-electron chi connectivity index (χ2n) is 5.09. The fourth-order valence-corrected chi connectivity index (χ4v) is 2.29. The smallest absolute Gasteiger partial charge is 0.344 e. The molecular weight excluding hydrogens is 336 g/mol. The minimum Gasteiger partial charge on any atom is -0.495 e. The molecule has 0 saturated heterocycles. The highest BCUT2D eigenvalue weighted by molar-refractivity contribution is 6.32. The number of benzene rings is 1. The lowest BCUT2D eigenvalue weighted by atomic mass is 10.2. The zero-order valence-corrected chi connectivity index (χ0v) is 14.4. The van der Waals surface area contributed by atoms with Gasteiger partial charge in [0.2, 0.25) is 0 Å². The van der Waals surface area contributed by atoms with Gasteiger partial charge in [-0.1, -0.05) is 16.8 Å². The predicted octanol–water partition coefficient (Wildman–Crippen LogP) is 3.14. The Morgan fingerprint density at radius 3 is 2.58 bits per heavy atom. The normalized spacial score (nSPS) is 11.7. The van der Waals surface area contributed by atoms with E-state index in [0.717, 1.165) is 0 Å². The van der Waals surface area contributed by atoms with Gasteiger partial charge >= 0.3 is 5.97 Å². The van der Waals surface area contributed by atoms with Gasteiger partial charge in [-0.2, -0.15) is 0 Å². The molecule has 7 nitrogen and oxygen atoms in total. The molecule has 1 aromatic heterocycles. The zero-order valence-electron chi connectivity index (χ0n) is 13.7. The van der Waals surface area contributed by atoms with Crippen LogP contribution in [-0.2, 0) is 9.53 Å². The Balaban J connectivity index is 2.02. The summed E-state index contributed by atoms with van der Waals surface area (Å²) in [7, 11) is 1.50. The van der Waals surface area contributed by atoms with Crippen LogP contribution in [0.3, 0.4) is 0 Å². The zero-order chi connectivity index (χ0) is 17.9. The molecule has 2 aromatic rings. The molecule has 8 heteroatoms. The molecule has 1 N–H and O–H groups in total. The van der Waals surface area contributed by atoms with Crippen LogP contribution in [0, 0.1) is 13.8 Å². The number of hydrogen-bond donors (Lipinski definition) is 1. The van der Waals surface area contributed by atoms with Crippen LogP contribution in [0.4, 0.5) is 5.69 Å². The first kappa shape index (κ1) is 17.8. The molecule has 0 spiro atoms. The van der Waals surface area contributed by atoms with Crippen molar-refractivity contribution in [1.29, 1.82) is 0 Å². The molecule has 24 heavy (non-hydrogen) atoms. The van der Waals surface area contributed by atoms with Gasteiger partial charge in [0.1, 0.15) is 17.1 Å². The van der Waals surface area contributed by atoms with Crippen LogP contribution in [0.2, 0.25) is 5.02 Å². The fraction of sp³-hybridized carbons (Fsp3) is 0.312. The van der Waals surface area contributed by atoms with Gasteiger partial charge in [0, 0.05) is 5.69 Å². The van der Waals surface area contributed by atoms with Gasteiger partial charge in [-0.05, 0) is 39.0 Å². The number of amides is 1. The van der Waals surface area contributed by atoms with Crippen LogP contribution in [0.15, 0.2) is 22.7 Å². The summed E-state index contributed by atoms with van der Waals surface area (Å²) in [5.74, 6) is -0.322.